The number of benzene rings is 1. The van der Waals surface area contributed by atoms with Gasteiger partial charge in [-0.1, -0.05) is 18.2 Å². The third-order valence-electron chi connectivity index (χ3n) is 2.41. The lowest BCUT2D eigenvalue weighted by atomic mass is 10.1. The molecule has 0 unspecified atom stereocenters. The van der Waals surface area contributed by atoms with Gasteiger partial charge in [0.15, 0.2) is 0 Å². The van der Waals surface area contributed by atoms with Crippen LogP contribution in [-0.4, -0.2) is 11.1 Å². The monoisotopic (exact) mass is 264 g/mol. The molecular formula is C12H13BrN2. The van der Waals surface area contributed by atoms with Crippen LogP contribution in [0.15, 0.2) is 34.9 Å². The van der Waals surface area contributed by atoms with Gasteiger partial charge in [0, 0.05) is 35.2 Å². The van der Waals surface area contributed by atoms with Crippen molar-refractivity contribution in [3.63, 3.8) is 0 Å². The van der Waals surface area contributed by atoms with Crippen molar-refractivity contribution in [2.24, 2.45) is 12.8 Å². The summed E-state index contributed by atoms with van der Waals surface area (Å²) in [5.41, 5.74) is 7.83. The smallest absolute Gasteiger partial charge is 0.0489 e. The summed E-state index contributed by atoms with van der Waals surface area (Å²) in [7, 11) is 2.04. The van der Waals surface area contributed by atoms with Crippen LogP contribution in [0.5, 0.6) is 0 Å². The first-order chi connectivity index (χ1) is 7.22. The largest absolute Gasteiger partial charge is 0.349 e. The Hall–Kier alpha value is -1.06. The molecule has 2 aromatic rings. The van der Waals surface area contributed by atoms with Crippen LogP contribution in [0.25, 0.3) is 17.0 Å². The van der Waals surface area contributed by atoms with Gasteiger partial charge >= 0.3 is 0 Å². The Labute approximate surface area is 97.5 Å². The Balaban J connectivity index is 2.55. The van der Waals surface area contributed by atoms with E-state index in [2.05, 4.69) is 44.9 Å². The molecule has 0 saturated heterocycles. The molecule has 0 fully saturated rings. The number of aryl methyl sites for hydroxylation is 1. The maximum Gasteiger partial charge on any atom is 0.0489 e. The summed E-state index contributed by atoms with van der Waals surface area (Å²) in [6, 6.07) is 6.38. The maximum atomic E-state index is 5.42. The summed E-state index contributed by atoms with van der Waals surface area (Å²) in [6.07, 6.45) is 6.07. The van der Waals surface area contributed by atoms with Gasteiger partial charge in [-0.25, -0.2) is 0 Å². The van der Waals surface area contributed by atoms with Gasteiger partial charge in [-0.2, -0.15) is 0 Å². The maximum absolute atomic E-state index is 5.42. The van der Waals surface area contributed by atoms with Crippen molar-refractivity contribution < 1.29 is 0 Å². The fourth-order valence-corrected chi connectivity index (χ4v) is 2.29. The van der Waals surface area contributed by atoms with Crippen LogP contribution in [0, 0.1) is 0 Å². The number of rotatable bonds is 2. The first-order valence-electron chi connectivity index (χ1n) is 4.83. The van der Waals surface area contributed by atoms with Gasteiger partial charge in [-0.05, 0) is 33.6 Å². The van der Waals surface area contributed by atoms with Crippen molar-refractivity contribution >= 4 is 32.9 Å². The van der Waals surface area contributed by atoms with Crippen LogP contribution in [0.1, 0.15) is 5.56 Å². The zero-order valence-electron chi connectivity index (χ0n) is 8.57. The molecule has 1 aromatic carbocycles. The molecule has 0 saturated carbocycles. The lowest BCUT2D eigenvalue weighted by Gasteiger charge is -1.97. The molecular weight excluding hydrogens is 252 g/mol. The van der Waals surface area contributed by atoms with E-state index in [0.29, 0.717) is 6.54 Å². The van der Waals surface area contributed by atoms with Gasteiger partial charge in [0.2, 0.25) is 0 Å². The number of aromatic nitrogens is 1. The van der Waals surface area contributed by atoms with Gasteiger partial charge < -0.3 is 10.3 Å². The van der Waals surface area contributed by atoms with Gasteiger partial charge in [0.25, 0.3) is 0 Å². The van der Waals surface area contributed by atoms with E-state index in [1.54, 1.807) is 0 Å². The van der Waals surface area contributed by atoms with Crippen molar-refractivity contribution in [2.75, 3.05) is 6.54 Å². The summed E-state index contributed by atoms with van der Waals surface area (Å²) in [4.78, 5) is 0. The van der Waals surface area contributed by atoms with E-state index in [1.807, 2.05) is 19.2 Å². The first kappa shape index (κ1) is 10.5. The molecule has 2 rings (SSSR count). The van der Waals surface area contributed by atoms with Crippen LogP contribution >= 0.6 is 15.9 Å². The zero-order chi connectivity index (χ0) is 10.8. The minimum absolute atomic E-state index is 0.577. The topological polar surface area (TPSA) is 30.9 Å². The summed E-state index contributed by atoms with van der Waals surface area (Å²) < 4.78 is 3.23. The minimum Gasteiger partial charge on any atom is -0.349 e. The molecule has 0 aliphatic rings. The van der Waals surface area contributed by atoms with E-state index in [1.165, 1.54) is 16.5 Å². The Morgan fingerprint density at radius 1 is 1.47 bits per heavy atom. The Bertz CT molecular complexity index is 512. The lowest BCUT2D eigenvalue weighted by molar-refractivity contribution is 0.966. The highest BCUT2D eigenvalue weighted by atomic mass is 79.9. The van der Waals surface area contributed by atoms with Crippen molar-refractivity contribution in [1.82, 2.24) is 4.57 Å². The number of nitrogens with zero attached hydrogens (tertiary/aromatic N) is 1. The summed E-state index contributed by atoms with van der Waals surface area (Å²) >= 11 is 3.55. The molecule has 1 aromatic heterocycles. The summed E-state index contributed by atoms with van der Waals surface area (Å²) in [5.74, 6) is 0. The second kappa shape index (κ2) is 4.21. The zero-order valence-corrected chi connectivity index (χ0v) is 10.2. The average Bonchev–Trinajstić information content (AvgIpc) is 2.52. The fourth-order valence-electron chi connectivity index (χ4n) is 1.67. The van der Waals surface area contributed by atoms with Crippen molar-refractivity contribution in [2.45, 2.75) is 0 Å². The van der Waals surface area contributed by atoms with Crippen LogP contribution < -0.4 is 5.73 Å². The summed E-state index contributed by atoms with van der Waals surface area (Å²) in [5, 5.41) is 1.23. The highest BCUT2D eigenvalue weighted by Gasteiger charge is 2.03. The molecule has 2 N–H and O–H groups in total. The molecule has 3 heteroatoms. The quantitative estimate of drug-likeness (QED) is 0.889. The van der Waals surface area contributed by atoms with Crippen molar-refractivity contribution in [3.8, 4) is 0 Å². The molecule has 2 nitrogen and oxygen atoms in total. The van der Waals surface area contributed by atoms with Gasteiger partial charge in [-0.15, -0.1) is 0 Å². The van der Waals surface area contributed by atoms with E-state index < -0.39 is 0 Å². The van der Waals surface area contributed by atoms with Gasteiger partial charge in [-0.3, -0.25) is 0 Å². The minimum atomic E-state index is 0.577. The van der Waals surface area contributed by atoms with Gasteiger partial charge in [0.05, 0.1) is 0 Å². The van der Waals surface area contributed by atoms with E-state index in [9.17, 15) is 0 Å². The molecule has 0 amide bonds. The van der Waals surface area contributed by atoms with E-state index in [-0.39, 0.29) is 0 Å². The van der Waals surface area contributed by atoms with Crippen LogP contribution in [-0.2, 0) is 7.05 Å². The van der Waals surface area contributed by atoms with E-state index >= 15 is 0 Å². The number of halogens is 1. The molecule has 0 atom stereocenters. The first-order valence-corrected chi connectivity index (χ1v) is 5.63. The lowest BCUT2D eigenvalue weighted by Crippen LogP contribution is -1.91. The second-order valence-corrected chi connectivity index (χ2v) is 4.36. The third kappa shape index (κ3) is 1.98. The number of hydrogen-bond donors (Lipinski definition) is 1. The van der Waals surface area contributed by atoms with E-state index in [4.69, 9.17) is 5.73 Å². The number of nitrogens with two attached hydrogens (primary N) is 1. The standard InChI is InChI=1S/C12H13BrN2/c1-15-8-11(13)10-7-9(3-2-6-14)4-5-12(10)15/h2-5,7-8H,6,14H2,1H3/b3-2+. The Morgan fingerprint density at radius 3 is 3.00 bits per heavy atom. The molecule has 0 spiro atoms. The molecule has 0 aliphatic heterocycles. The molecule has 78 valence electrons. The van der Waals surface area contributed by atoms with Crippen molar-refractivity contribution in [1.29, 1.82) is 0 Å². The molecule has 0 bridgehead atoms. The molecule has 0 radical (unpaired) electrons. The highest BCUT2D eigenvalue weighted by Crippen LogP contribution is 2.26. The SMILES string of the molecule is Cn1cc(Br)c2cc(/C=C/CN)ccc21. The predicted molar refractivity (Wildman–Crippen MR) is 68.7 cm³/mol. The van der Waals surface area contributed by atoms with Crippen LogP contribution in [0.4, 0.5) is 0 Å². The predicted octanol–water partition coefficient (Wildman–Crippen LogP) is 2.91. The van der Waals surface area contributed by atoms with Crippen molar-refractivity contribution in [3.05, 3.63) is 40.5 Å². The van der Waals surface area contributed by atoms with E-state index in [0.717, 1.165) is 4.47 Å². The molecule has 15 heavy (non-hydrogen) atoms. The van der Waals surface area contributed by atoms with Gasteiger partial charge in [0.1, 0.15) is 0 Å². The average molecular weight is 265 g/mol. The van der Waals surface area contributed by atoms with Crippen LogP contribution in [0.2, 0.25) is 0 Å². The fraction of sp³-hybridized carbons (Fsp3) is 0.167. The third-order valence-corrected chi connectivity index (χ3v) is 3.04. The normalized spacial score (nSPS) is 11.7. The Morgan fingerprint density at radius 2 is 2.27 bits per heavy atom. The van der Waals surface area contributed by atoms with Crippen LogP contribution in [0.3, 0.4) is 0 Å². The summed E-state index contributed by atoms with van der Waals surface area (Å²) in [6.45, 7) is 0.577. The number of fused-ring (bicyclic) bond motifs is 1. The molecule has 1 heterocycles. The highest BCUT2D eigenvalue weighted by molar-refractivity contribution is 9.10. The number of hydrogen-bond acceptors (Lipinski definition) is 1. The Kier molecular flexibility index (Phi) is 2.93. The molecule has 0 aliphatic carbocycles. The second-order valence-electron chi connectivity index (χ2n) is 3.50.